The molecule has 2 aromatic heterocycles. The van der Waals surface area contributed by atoms with Crippen LogP contribution in [0.2, 0.25) is 5.02 Å². The number of hydrogen-bond donors (Lipinski definition) is 2. The van der Waals surface area contributed by atoms with Gasteiger partial charge in [0.25, 0.3) is 5.91 Å². The van der Waals surface area contributed by atoms with E-state index in [9.17, 15) is 36.6 Å². The molecule has 0 aliphatic heterocycles. The molecule has 206 valence electrons. The number of rotatable bonds is 9. The van der Waals surface area contributed by atoms with Crippen LogP contribution in [-0.4, -0.2) is 59.0 Å². The van der Waals surface area contributed by atoms with Crippen molar-refractivity contribution in [1.29, 1.82) is 0 Å². The Kier molecular flexibility index (Phi) is 7.69. The molecule has 0 unspecified atom stereocenters. The summed E-state index contributed by atoms with van der Waals surface area (Å²) >= 11 is 5.87. The highest BCUT2D eigenvalue weighted by molar-refractivity contribution is 6.30. The van der Waals surface area contributed by atoms with E-state index >= 15 is 0 Å². The number of aliphatic hydroxyl groups excluding tert-OH is 1. The molecule has 3 N–H and O–H groups in total. The Labute approximate surface area is 219 Å². The van der Waals surface area contributed by atoms with E-state index in [0.717, 1.165) is 4.68 Å². The van der Waals surface area contributed by atoms with E-state index < -0.39 is 49.4 Å². The molecular formula is C22H17ClF5N7O4. The minimum absolute atomic E-state index is 0.127. The number of aromatic nitrogens is 6. The number of hydrogen-bond acceptors (Lipinski definition) is 7. The smallest absolute Gasteiger partial charge is 0.416 e. The molecule has 1 atom stereocenters. The van der Waals surface area contributed by atoms with Crippen LogP contribution in [0.5, 0.6) is 5.75 Å². The Morgan fingerprint density at radius 1 is 1.10 bits per heavy atom. The summed E-state index contributed by atoms with van der Waals surface area (Å²) in [7, 11) is 0. The number of para-hydroxylation sites is 2. The second-order valence-electron chi connectivity index (χ2n) is 7.91. The summed E-state index contributed by atoms with van der Waals surface area (Å²) in [5.74, 6) is -2.47. The average molecular weight is 574 g/mol. The maximum absolute atomic E-state index is 13.1. The molecule has 0 radical (unpaired) electrons. The van der Waals surface area contributed by atoms with Crippen LogP contribution in [-0.2, 0) is 13.1 Å². The zero-order valence-corrected chi connectivity index (χ0v) is 20.1. The van der Waals surface area contributed by atoms with E-state index in [1.54, 1.807) is 0 Å². The van der Waals surface area contributed by atoms with Gasteiger partial charge in [-0.15, -0.1) is 10.2 Å². The second-order valence-corrected chi connectivity index (χ2v) is 8.35. The van der Waals surface area contributed by atoms with Crippen molar-refractivity contribution in [2.24, 2.45) is 5.73 Å². The number of amides is 1. The standard InChI is InChI=1S/C22H17ClF5N7O4/c23-12-7-5-11(6-8-12)18-32-34(21(38)33(18)9-15(36)22(26,27)28)10-16-30-19(17(29)37)35(31-16)13-3-1-2-4-14(13)39-20(24)25/h1-8,15,20,36H,9-10H2,(H2,29,37)/t15-/m0/s1. The molecule has 2 aromatic carbocycles. The lowest BCUT2D eigenvalue weighted by atomic mass is 10.2. The van der Waals surface area contributed by atoms with E-state index in [1.165, 1.54) is 48.5 Å². The van der Waals surface area contributed by atoms with Crippen LogP contribution in [0.25, 0.3) is 17.1 Å². The lowest BCUT2D eigenvalue weighted by molar-refractivity contribution is -0.207. The van der Waals surface area contributed by atoms with Crippen LogP contribution in [0.4, 0.5) is 22.0 Å². The molecule has 0 saturated carbocycles. The molecule has 1 amide bonds. The molecule has 4 aromatic rings. The van der Waals surface area contributed by atoms with Gasteiger partial charge in [0.15, 0.2) is 23.5 Å². The van der Waals surface area contributed by atoms with Crippen LogP contribution in [0.1, 0.15) is 16.4 Å². The number of alkyl halides is 5. The van der Waals surface area contributed by atoms with Gasteiger partial charge in [-0.25, -0.2) is 19.1 Å². The van der Waals surface area contributed by atoms with Crippen LogP contribution < -0.4 is 16.2 Å². The largest absolute Gasteiger partial charge is 0.433 e. The van der Waals surface area contributed by atoms with Gasteiger partial charge in [-0.1, -0.05) is 23.7 Å². The zero-order chi connectivity index (χ0) is 28.5. The van der Waals surface area contributed by atoms with Crippen LogP contribution >= 0.6 is 11.6 Å². The van der Waals surface area contributed by atoms with Gasteiger partial charge in [0.05, 0.1) is 6.54 Å². The number of ether oxygens (including phenoxy) is 1. The molecule has 2 heterocycles. The minimum Gasteiger partial charge on any atom is -0.433 e. The van der Waals surface area contributed by atoms with Gasteiger partial charge in [-0.2, -0.15) is 22.0 Å². The van der Waals surface area contributed by atoms with Crippen molar-refractivity contribution in [3.8, 4) is 22.8 Å². The summed E-state index contributed by atoms with van der Waals surface area (Å²) in [6.07, 6.45) is -7.91. The van der Waals surface area contributed by atoms with Gasteiger partial charge in [-0.3, -0.25) is 9.36 Å². The van der Waals surface area contributed by atoms with Crippen molar-refractivity contribution < 1.29 is 36.6 Å². The molecule has 0 fully saturated rings. The molecular weight excluding hydrogens is 557 g/mol. The number of nitrogens with two attached hydrogens (primary N) is 1. The predicted octanol–water partition coefficient (Wildman–Crippen LogP) is 2.62. The molecule has 0 bridgehead atoms. The summed E-state index contributed by atoms with van der Waals surface area (Å²) in [6.45, 7) is -4.95. The summed E-state index contributed by atoms with van der Waals surface area (Å²) in [6, 6.07) is 11.0. The van der Waals surface area contributed by atoms with E-state index in [2.05, 4.69) is 19.9 Å². The fraction of sp³-hybridized carbons (Fsp3) is 0.227. The minimum atomic E-state index is -5.02. The van der Waals surface area contributed by atoms with Crippen molar-refractivity contribution in [2.75, 3.05) is 0 Å². The molecule has 11 nitrogen and oxygen atoms in total. The van der Waals surface area contributed by atoms with E-state index in [-0.39, 0.29) is 28.6 Å². The third-order valence-corrected chi connectivity index (χ3v) is 5.48. The number of carbonyl (C=O) groups excluding carboxylic acids is 1. The maximum Gasteiger partial charge on any atom is 0.416 e. The van der Waals surface area contributed by atoms with Gasteiger partial charge in [0.2, 0.25) is 5.82 Å². The second kappa shape index (κ2) is 10.8. The molecule has 0 aliphatic rings. The molecule has 17 heteroatoms. The molecule has 0 aliphatic carbocycles. The number of halogens is 6. The zero-order valence-electron chi connectivity index (χ0n) is 19.4. The molecule has 0 spiro atoms. The number of primary amides is 1. The summed E-state index contributed by atoms with van der Waals surface area (Å²) in [4.78, 5) is 29.0. The average Bonchev–Trinajstić information content (AvgIpc) is 3.41. The Morgan fingerprint density at radius 3 is 2.38 bits per heavy atom. The normalized spacial score (nSPS) is 12.6. The van der Waals surface area contributed by atoms with Crippen molar-refractivity contribution in [2.45, 2.75) is 32.0 Å². The third kappa shape index (κ3) is 6.06. The first-order chi connectivity index (χ1) is 18.3. The van der Waals surface area contributed by atoms with Crippen molar-refractivity contribution in [3.05, 3.63) is 75.7 Å². The van der Waals surface area contributed by atoms with Crippen LogP contribution in [0.3, 0.4) is 0 Å². The van der Waals surface area contributed by atoms with Gasteiger partial charge in [0, 0.05) is 10.6 Å². The van der Waals surface area contributed by atoms with Gasteiger partial charge in [-0.05, 0) is 36.4 Å². The highest BCUT2D eigenvalue weighted by Crippen LogP contribution is 2.26. The van der Waals surface area contributed by atoms with Crippen LogP contribution in [0, 0.1) is 0 Å². The van der Waals surface area contributed by atoms with Gasteiger partial charge >= 0.3 is 18.5 Å². The molecule has 4 rings (SSSR count). The summed E-state index contributed by atoms with van der Waals surface area (Å²) in [5, 5.41) is 18.0. The first-order valence-corrected chi connectivity index (χ1v) is 11.2. The first-order valence-electron chi connectivity index (χ1n) is 10.8. The Bertz CT molecular complexity index is 1550. The lowest BCUT2D eigenvalue weighted by Gasteiger charge is -2.15. The van der Waals surface area contributed by atoms with Gasteiger partial charge in [0.1, 0.15) is 12.2 Å². The number of aliphatic hydroxyl groups is 1. The third-order valence-electron chi connectivity index (χ3n) is 5.23. The fourth-order valence-corrected chi connectivity index (χ4v) is 3.63. The highest BCUT2D eigenvalue weighted by atomic mass is 35.5. The lowest BCUT2D eigenvalue weighted by Crippen LogP contribution is -2.37. The number of nitrogens with zero attached hydrogens (tertiary/aromatic N) is 6. The fourth-order valence-electron chi connectivity index (χ4n) is 3.51. The number of carbonyl (C=O) groups is 1. The SMILES string of the molecule is NC(=O)c1nc(Cn2nc(-c3ccc(Cl)cc3)n(C[C@H](O)C(F)(F)F)c2=O)nn1-c1ccccc1OC(F)F. The number of benzene rings is 2. The quantitative estimate of drug-likeness (QED) is 0.293. The monoisotopic (exact) mass is 573 g/mol. The predicted molar refractivity (Wildman–Crippen MR) is 125 cm³/mol. The molecule has 0 saturated heterocycles. The Morgan fingerprint density at radius 2 is 1.77 bits per heavy atom. The highest BCUT2D eigenvalue weighted by Gasteiger charge is 2.39. The maximum atomic E-state index is 13.1. The summed E-state index contributed by atoms with van der Waals surface area (Å²) in [5.41, 5.74) is 4.38. The van der Waals surface area contributed by atoms with Crippen molar-refractivity contribution >= 4 is 17.5 Å². The van der Waals surface area contributed by atoms with E-state index in [0.29, 0.717) is 14.3 Å². The van der Waals surface area contributed by atoms with Gasteiger partial charge < -0.3 is 15.6 Å². The summed E-state index contributed by atoms with van der Waals surface area (Å²) < 4.78 is 71.6. The van der Waals surface area contributed by atoms with E-state index in [1.807, 2.05) is 0 Å². The van der Waals surface area contributed by atoms with E-state index in [4.69, 9.17) is 17.3 Å². The molecule has 39 heavy (non-hydrogen) atoms. The van der Waals surface area contributed by atoms with Crippen LogP contribution in [0.15, 0.2) is 53.3 Å². The van der Waals surface area contributed by atoms with Crippen molar-refractivity contribution in [3.63, 3.8) is 0 Å². The Hall–Kier alpha value is -4.31. The topological polar surface area (TPSA) is 143 Å². The van der Waals surface area contributed by atoms with Crippen molar-refractivity contribution in [1.82, 2.24) is 29.1 Å². The first kappa shape index (κ1) is 27.7. The Balaban J connectivity index is 1.78.